The van der Waals surface area contributed by atoms with Crippen molar-refractivity contribution >= 4 is 76.3 Å². The van der Waals surface area contributed by atoms with Crippen molar-refractivity contribution in [2.75, 3.05) is 23.0 Å². The van der Waals surface area contributed by atoms with Crippen LogP contribution in [0.25, 0.3) is 38.4 Å². The number of furan rings is 2. The Morgan fingerprint density at radius 3 is 2.49 bits per heavy atom. The normalized spacial score (nSPS) is 15.0. The third kappa shape index (κ3) is 6.08. The second-order valence-corrected chi connectivity index (χ2v) is 14.7. The number of thioether (sulfide) groups is 1. The fourth-order valence-electron chi connectivity index (χ4n) is 4.93. The van der Waals surface area contributed by atoms with Crippen LogP contribution in [-0.4, -0.2) is 44.0 Å². The molecule has 0 radical (unpaired) electrons. The summed E-state index contributed by atoms with van der Waals surface area (Å²) in [6.07, 6.45) is 7.10. The third-order valence-corrected chi connectivity index (χ3v) is 10.5. The van der Waals surface area contributed by atoms with Gasteiger partial charge in [0, 0.05) is 34.9 Å². The molecular formula is C27H23N2O8S4-. The van der Waals surface area contributed by atoms with E-state index in [1.807, 2.05) is 58.0 Å². The van der Waals surface area contributed by atoms with E-state index in [9.17, 15) is 25.9 Å². The molecule has 0 N–H and O–H groups in total. The summed E-state index contributed by atoms with van der Waals surface area (Å²) in [7, 11) is -8.75. The first-order valence-corrected chi connectivity index (χ1v) is 17.4. The number of rotatable bonds is 10. The van der Waals surface area contributed by atoms with Crippen LogP contribution in [-0.2, 0) is 26.8 Å². The van der Waals surface area contributed by atoms with Gasteiger partial charge in [-0.2, -0.15) is 4.57 Å². The summed E-state index contributed by atoms with van der Waals surface area (Å²) in [5, 5.41) is 2.52. The molecule has 0 bridgehead atoms. The standard InChI is InChI=1S/C27H24N2O8S4/c30-40(31,32)13-1-9-28-21-15-18(19-7-11-36-17-19)3-5-23(21)38-25(28)16-26-29(10-2-14-41(33,34)35)27-20-8-12-37-22(20)4-6-24(27)39-26/h3-8,11-12,15-17H,1-2,9-10,13-14H2,(H-,30,31,32,33,34,35)/p-1. The van der Waals surface area contributed by atoms with Crippen molar-refractivity contribution < 1.29 is 39.3 Å². The van der Waals surface area contributed by atoms with Gasteiger partial charge in [-0.1, -0.05) is 29.2 Å². The van der Waals surface area contributed by atoms with E-state index >= 15 is 0 Å². The highest BCUT2D eigenvalue weighted by atomic mass is 32.2. The van der Waals surface area contributed by atoms with E-state index in [2.05, 4.69) is 0 Å². The maximum atomic E-state index is 11.4. The van der Waals surface area contributed by atoms with Gasteiger partial charge in [-0.05, 0) is 48.4 Å². The van der Waals surface area contributed by atoms with Crippen molar-refractivity contribution in [2.24, 2.45) is 0 Å². The molecule has 14 heteroatoms. The molecule has 1 aliphatic heterocycles. The summed E-state index contributed by atoms with van der Waals surface area (Å²) in [6.45, 7) is 0.592. The predicted molar refractivity (Wildman–Crippen MR) is 155 cm³/mol. The highest BCUT2D eigenvalue weighted by Gasteiger charge is 2.29. The highest BCUT2D eigenvalue weighted by molar-refractivity contribution is 8.04. The summed E-state index contributed by atoms with van der Waals surface area (Å²) in [4.78, 5) is 2.97. The van der Waals surface area contributed by atoms with E-state index in [0.29, 0.717) is 18.7 Å². The largest absolute Gasteiger partial charge is 0.748 e. The fourth-order valence-corrected chi connectivity index (χ4v) is 8.22. The molecule has 214 valence electrons. The molecule has 6 rings (SSSR count). The van der Waals surface area contributed by atoms with Crippen molar-refractivity contribution in [2.45, 2.75) is 24.3 Å². The number of hydrogen-bond acceptors (Lipinski definition) is 11. The zero-order valence-corrected chi connectivity index (χ0v) is 24.7. The topological polar surface area (TPSA) is 148 Å². The summed E-state index contributed by atoms with van der Waals surface area (Å²) in [5.74, 6) is -0.968. The number of aryl methyl sites for hydroxylation is 1. The van der Waals surface area contributed by atoms with Crippen LogP contribution in [0.5, 0.6) is 0 Å². The molecule has 0 atom stereocenters. The molecular weight excluding hydrogens is 609 g/mol. The number of fused-ring (bicyclic) bond motifs is 4. The molecule has 0 fully saturated rings. The summed E-state index contributed by atoms with van der Waals surface area (Å²) in [5.41, 5.74) is 4.28. The Kier molecular flexibility index (Phi) is 7.46. The first-order valence-electron chi connectivity index (χ1n) is 12.6. The molecule has 4 heterocycles. The number of benzene rings is 2. The van der Waals surface area contributed by atoms with E-state index in [-0.39, 0.29) is 12.8 Å². The van der Waals surface area contributed by atoms with E-state index in [4.69, 9.17) is 8.83 Å². The Balaban J connectivity index is 1.43. The van der Waals surface area contributed by atoms with Gasteiger partial charge in [0.05, 0.1) is 61.2 Å². The van der Waals surface area contributed by atoms with Crippen LogP contribution < -0.4 is 9.47 Å². The molecule has 0 saturated heterocycles. The Bertz CT molecular complexity index is 1990. The lowest BCUT2D eigenvalue weighted by Gasteiger charge is -2.21. The van der Waals surface area contributed by atoms with Crippen molar-refractivity contribution in [3.8, 4) is 11.1 Å². The zero-order valence-electron chi connectivity index (χ0n) is 21.4. The number of nitrogens with zero attached hydrogens (tertiary/aromatic N) is 2. The number of hydrogen-bond donors (Lipinski definition) is 0. The maximum Gasteiger partial charge on any atom is 0.265 e. The quantitative estimate of drug-likeness (QED) is 0.153. The van der Waals surface area contributed by atoms with Crippen LogP contribution in [0.15, 0.2) is 80.0 Å². The average Bonchev–Trinajstić information content (AvgIpc) is 3.69. The molecule has 0 aliphatic carbocycles. The van der Waals surface area contributed by atoms with Gasteiger partial charge in [0.2, 0.25) is 5.52 Å². The van der Waals surface area contributed by atoms with Gasteiger partial charge in [-0.25, -0.2) is 16.8 Å². The minimum absolute atomic E-state index is 0.138. The average molecular weight is 632 g/mol. The Morgan fingerprint density at radius 1 is 0.927 bits per heavy atom. The number of anilines is 1. The molecule has 0 amide bonds. The predicted octanol–water partition coefficient (Wildman–Crippen LogP) is 4.98. The van der Waals surface area contributed by atoms with Crippen molar-refractivity contribution in [3.05, 3.63) is 71.3 Å². The third-order valence-electron chi connectivity index (χ3n) is 6.70. The monoisotopic (exact) mass is 631 g/mol. The lowest BCUT2D eigenvalue weighted by molar-refractivity contribution is -0.667. The zero-order chi connectivity index (χ0) is 28.8. The van der Waals surface area contributed by atoms with E-state index in [0.717, 1.165) is 47.3 Å². The van der Waals surface area contributed by atoms with E-state index < -0.39 is 31.7 Å². The SMILES string of the molecule is O=S(=O)([O-])CCCN1/C(=C/c2sc3ccc4occc4c3[n+]2CCCS(=O)(=O)[O-])Sc2ccc(-c3ccoc3)cc21. The van der Waals surface area contributed by atoms with Crippen LogP contribution in [0.4, 0.5) is 5.69 Å². The molecule has 0 unspecified atom stereocenters. The minimum Gasteiger partial charge on any atom is -0.748 e. The second kappa shape index (κ2) is 10.9. The summed E-state index contributed by atoms with van der Waals surface area (Å²) in [6, 6.07) is 13.5. The van der Waals surface area contributed by atoms with Crippen LogP contribution in [0.2, 0.25) is 0 Å². The van der Waals surface area contributed by atoms with Gasteiger partial charge in [0.1, 0.15) is 10.3 Å². The van der Waals surface area contributed by atoms with Crippen LogP contribution in [0.3, 0.4) is 0 Å². The van der Waals surface area contributed by atoms with Crippen molar-refractivity contribution in [3.63, 3.8) is 0 Å². The van der Waals surface area contributed by atoms with Gasteiger partial charge in [-0.3, -0.25) is 0 Å². The van der Waals surface area contributed by atoms with Gasteiger partial charge >= 0.3 is 0 Å². The lowest BCUT2D eigenvalue weighted by atomic mass is 10.1. The maximum absolute atomic E-state index is 11.4. The van der Waals surface area contributed by atoms with Gasteiger partial charge in [0.15, 0.2) is 6.54 Å². The molecule has 10 nitrogen and oxygen atoms in total. The first kappa shape index (κ1) is 28.0. The smallest absolute Gasteiger partial charge is 0.265 e. The first-order chi connectivity index (χ1) is 19.6. The van der Waals surface area contributed by atoms with Gasteiger partial charge in [-0.15, -0.1) is 0 Å². The van der Waals surface area contributed by atoms with Gasteiger partial charge < -0.3 is 22.8 Å². The fraction of sp³-hybridized carbons (Fsp3) is 0.222. The molecule has 3 aromatic heterocycles. The Morgan fingerprint density at radius 2 is 1.73 bits per heavy atom. The van der Waals surface area contributed by atoms with Crippen molar-refractivity contribution in [1.82, 2.24) is 0 Å². The molecule has 41 heavy (non-hydrogen) atoms. The molecule has 1 aliphatic rings. The lowest BCUT2D eigenvalue weighted by Crippen LogP contribution is -2.36. The Hall–Kier alpha value is -3.14. The molecule has 2 aromatic carbocycles. The highest BCUT2D eigenvalue weighted by Crippen LogP contribution is 2.48. The minimum atomic E-state index is -4.38. The molecule has 0 saturated carbocycles. The summed E-state index contributed by atoms with van der Waals surface area (Å²) < 4.78 is 81.9. The number of thiazole rings is 1. The molecule has 0 spiro atoms. The van der Waals surface area contributed by atoms with E-state index in [1.54, 1.807) is 18.8 Å². The van der Waals surface area contributed by atoms with Crippen molar-refractivity contribution in [1.29, 1.82) is 0 Å². The van der Waals surface area contributed by atoms with Crippen LogP contribution in [0.1, 0.15) is 17.8 Å². The molecule has 5 aromatic rings. The van der Waals surface area contributed by atoms with Crippen LogP contribution >= 0.6 is 23.1 Å². The van der Waals surface area contributed by atoms with Gasteiger partial charge in [0.25, 0.3) is 5.01 Å². The second-order valence-electron chi connectivity index (χ2n) is 9.50. The Labute approximate surface area is 244 Å². The number of aromatic nitrogens is 1. The van der Waals surface area contributed by atoms with E-state index in [1.165, 1.54) is 23.1 Å². The van der Waals surface area contributed by atoms with Crippen LogP contribution in [0, 0.1) is 0 Å². The summed E-state index contributed by atoms with van der Waals surface area (Å²) >= 11 is 3.04.